The molecule has 1 aliphatic heterocycles. The normalized spacial score (nSPS) is 25.2. The Hall–Kier alpha value is -3.47. The van der Waals surface area contributed by atoms with Crippen LogP contribution in [0.5, 0.6) is 0 Å². The third-order valence-corrected chi connectivity index (χ3v) is 7.59. The van der Waals surface area contributed by atoms with Gasteiger partial charge >= 0.3 is 0 Å². The Kier molecular flexibility index (Phi) is 11.3. The highest BCUT2D eigenvalue weighted by molar-refractivity contribution is 6.03. The second-order valence-electron chi connectivity index (χ2n) is 10.7. The van der Waals surface area contributed by atoms with Gasteiger partial charge in [0.15, 0.2) is 0 Å². The molecule has 0 saturated carbocycles. The number of nitrogens with zero attached hydrogens (tertiary/aromatic N) is 2. The van der Waals surface area contributed by atoms with E-state index in [1.165, 1.54) is 5.57 Å². The van der Waals surface area contributed by atoms with Crippen molar-refractivity contribution in [2.45, 2.75) is 85.7 Å². The highest BCUT2D eigenvalue weighted by atomic mass is 16.2. The largest absolute Gasteiger partial charge is 0.351 e. The van der Waals surface area contributed by atoms with Crippen molar-refractivity contribution in [1.82, 2.24) is 5.32 Å². The second-order valence-corrected chi connectivity index (χ2v) is 10.7. The monoisotopic (exact) mass is 527 g/mol. The topological polar surface area (TPSA) is 61.8 Å². The third-order valence-electron chi connectivity index (χ3n) is 7.59. The molecule has 0 aromatic heterocycles. The van der Waals surface area contributed by atoms with Gasteiger partial charge in [-0.2, -0.15) is 0 Å². The fourth-order valence-corrected chi connectivity index (χ4v) is 5.16. The molecule has 1 aromatic rings. The summed E-state index contributed by atoms with van der Waals surface area (Å²) in [5, 5.41) is 3.25. The third kappa shape index (κ3) is 8.26. The molecule has 2 unspecified atom stereocenters. The maximum atomic E-state index is 14.1. The Bertz CT molecular complexity index is 1210. The van der Waals surface area contributed by atoms with Crippen LogP contribution in [-0.2, 0) is 9.59 Å². The van der Waals surface area contributed by atoms with E-state index in [0.29, 0.717) is 6.54 Å². The van der Waals surface area contributed by atoms with Gasteiger partial charge in [0.1, 0.15) is 6.04 Å². The van der Waals surface area contributed by atoms with Crippen LogP contribution < -0.4 is 10.2 Å². The van der Waals surface area contributed by atoms with Crippen LogP contribution in [0.1, 0.15) is 72.3 Å². The van der Waals surface area contributed by atoms with Crippen LogP contribution in [0, 0.1) is 12.8 Å². The standard InChI is InChI=1S/C34H45N3O2/c1-7-28(8-2)36-34(39)33-27(6)31(23-35-29-18-13-12-15-24(3)21-29)26(5)17-10-9-11-20-32(38)37(33)30-19-14-16-25(4)22-30/h9-14,16-17,19,21-22,26,28,33H,7-8,15,18,20,23H2,1-6H3,(H,36,39)/b11-9-,17-10-,31-27-,35-29?. The summed E-state index contributed by atoms with van der Waals surface area (Å²) in [5.41, 5.74) is 6.03. The van der Waals surface area contributed by atoms with Gasteiger partial charge in [0.25, 0.3) is 0 Å². The molecule has 1 aliphatic carbocycles. The molecule has 5 nitrogen and oxygen atoms in total. The van der Waals surface area contributed by atoms with Gasteiger partial charge in [-0.25, -0.2) is 0 Å². The van der Waals surface area contributed by atoms with Gasteiger partial charge in [-0.3, -0.25) is 19.5 Å². The fraction of sp³-hybridized carbons (Fsp3) is 0.441. The van der Waals surface area contributed by atoms with E-state index >= 15 is 0 Å². The number of allylic oxidation sites excluding steroid dienone is 7. The zero-order valence-electron chi connectivity index (χ0n) is 24.5. The number of rotatable bonds is 7. The number of aliphatic imine (C=N–C) groups is 1. The first-order valence-electron chi connectivity index (χ1n) is 14.3. The van der Waals surface area contributed by atoms with Gasteiger partial charge in [-0.05, 0) is 80.9 Å². The minimum absolute atomic E-state index is 0.0430. The van der Waals surface area contributed by atoms with Crippen molar-refractivity contribution in [3.63, 3.8) is 0 Å². The summed E-state index contributed by atoms with van der Waals surface area (Å²) in [7, 11) is 0. The van der Waals surface area contributed by atoms with E-state index in [9.17, 15) is 9.59 Å². The predicted octanol–water partition coefficient (Wildman–Crippen LogP) is 7.21. The molecule has 1 heterocycles. The Morgan fingerprint density at radius 1 is 1.05 bits per heavy atom. The van der Waals surface area contributed by atoms with Gasteiger partial charge in [-0.1, -0.05) is 74.9 Å². The summed E-state index contributed by atoms with van der Waals surface area (Å²) < 4.78 is 0. The number of anilines is 1. The second kappa shape index (κ2) is 14.6. The lowest BCUT2D eigenvalue weighted by molar-refractivity contribution is -0.126. The van der Waals surface area contributed by atoms with Crippen LogP contribution >= 0.6 is 0 Å². The molecule has 208 valence electrons. The van der Waals surface area contributed by atoms with E-state index in [4.69, 9.17) is 4.99 Å². The smallest absolute Gasteiger partial charge is 0.247 e. The molecule has 5 heteroatoms. The molecule has 2 aliphatic rings. The van der Waals surface area contributed by atoms with Crippen molar-refractivity contribution in [1.29, 1.82) is 0 Å². The van der Waals surface area contributed by atoms with E-state index in [2.05, 4.69) is 57.3 Å². The number of hydrogen-bond acceptors (Lipinski definition) is 3. The Labute approximate surface area is 235 Å². The molecule has 39 heavy (non-hydrogen) atoms. The first-order chi connectivity index (χ1) is 18.7. The zero-order valence-corrected chi connectivity index (χ0v) is 24.5. The minimum Gasteiger partial charge on any atom is -0.351 e. The lowest BCUT2D eigenvalue weighted by atomic mass is 9.90. The molecule has 2 atom stereocenters. The SMILES string of the molecule is CCC(CC)NC(=O)C1/C(C)=C(/CN=C2C=C(C)CC=CC2)C(C)/C=C\C=C/CC(=O)N1c1cccc(C)c1. The van der Waals surface area contributed by atoms with Gasteiger partial charge in [-0.15, -0.1) is 0 Å². The Morgan fingerprint density at radius 3 is 2.51 bits per heavy atom. The highest BCUT2D eigenvalue weighted by Gasteiger charge is 2.35. The van der Waals surface area contributed by atoms with Crippen molar-refractivity contribution in [3.8, 4) is 0 Å². The van der Waals surface area contributed by atoms with E-state index in [1.807, 2.05) is 56.3 Å². The van der Waals surface area contributed by atoms with Gasteiger partial charge in [0, 0.05) is 30.3 Å². The lowest BCUT2D eigenvalue weighted by Gasteiger charge is -2.34. The summed E-state index contributed by atoms with van der Waals surface area (Å²) in [6.45, 7) is 12.9. The highest BCUT2D eigenvalue weighted by Crippen LogP contribution is 2.29. The van der Waals surface area contributed by atoms with Crippen LogP contribution in [-0.4, -0.2) is 36.2 Å². The number of carbonyl (C=O) groups excluding carboxylic acids is 2. The average molecular weight is 528 g/mol. The molecule has 0 fully saturated rings. The minimum atomic E-state index is -0.774. The van der Waals surface area contributed by atoms with E-state index in [1.54, 1.807) is 4.90 Å². The number of aryl methyl sites for hydroxylation is 1. The molecule has 0 radical (unpaired) electrons. The molecule has 3 rings (SSSR count). The van der Waals surface area contributed by atoms with Crippen LogP contribution in [0.2, 0.25) is 0 Å². The molecule has 1 aromatic carbocycles. The van der Waals surface area contributed by atoms with Crippen molar-refractivity contribution < 1.29 is 9.59 Å². The van der Waals surface area contributed by atoms with Crippen LogP contribution in [0.15, 0.2) is 88.5 Å². The van der Waals surface area contributed by atoms with Crippen LogP contribution in [0.3, 0.4) is 0 Å². The molecule has 0 spiro atoms. The zero-order chi connectivity index (χ0) is 28.4. The number of amides is 2. The summed E-state index contributed by atoms with van der Waals surface area (Å²) >= 11 is 0. The summed E-state index contributed by atoms with van der Waals surface area (Å²) in [6, 6.07) is 7.13. The number of hydrogen-bond donors (Lipinski definition) is 1. The average Bonchev–Trinajstić information content (AvgIpc) is 3.13. The van der Waals surface area contributed by atoms with E-state index < -0.39 is 6.04 Å². The lowest BCUT2D eigenvalue weighted by Crippen LogP contribution is -2.53. The quantitative estimate of drug-likeness (QED) is 0.381. The number of carbonyl (C=O) groups is 2. The first kappa shape index (κ1) is 30.1. The van der Waals surface area contributed by atoms with Crippen molar-refractivity contribution in [3.05, 3.63) is 89.1 Å². The van der Waals surface area contributed by atoms with Crippen molar-refractivity contribution in [2.75, 3.05) is 11.4 Å². The first-order valence-corrected chi connectivity index (χ1v) is 14.3. The maximum absolute atomic E-state index is 14.1. The Balaban J connectivity index is 2.21. The molecule has 0 saturated heterocycles. The molecule has 1 N–H and O–H groups in total. The van der Waals surface area contributed by atoms with Gasteiger partial charge < -0.3 is 5.32 Å². The molecular weight excluding hydrogens is 482 g/mol. The number of benzene rings is 1. The van der Waals surface area contributed by atoms with Gasteiger partial charge in [0.2, 0.25) is 11.8 Å². The Morgan fingerprint density at radius 2 is 1.79 bits per heavy atom. The van der Waals surface area contributed by atoms with Crippen LogP contribution in [0.25, 0.3) is 0 Å². The van der Waals surface area contributed by atoms with Gasteiger partial charge in [0.05, 0.1) is 6.54 Å². The molecule has 0 bridgehead atoms. The van der Waals surface area contributed by atoms with Crippen molar-refractivity contribution >= 4 is 23.2 Å². The summed E-state index contributed by atoms with van der Waals surface area (Å²) in [4.78, 5) is 34.7. The summed E-state index contributed by atoms with van der Waals surface area (Å²) in [5.74, 6) is -0.211. The van der Waals surface area contributed by atoms with E-state index in [-0.39, 0.29) is 30.2 Å². The predicted molar refractivity (Wildman–Crippen MR) is 164 cm³/mol. The number of nitrogens with one attached hydrogen (secondary N) is 1. The van der Waals surface area contributed by atoms with Crippen LogP contribution in [0.4, 0.5) is 5.69 Å². The molecular formula is C34H45N3O2. The van der Waals surface area contributed by atoms with Crippen molar-refractivity contribution in [2.24, 2.45) is 10.9 Å². The van der Waals surface area contributed by atoms with E-state index in [0.717, 1.165) is 53.8 Å². The maximum Gasteiger partial charge on any atom is 0.247 e. The molecule has 2 amide bonds. The summed E-state index contributed by atoms with van der Waals surface area (Å²) in [6.07, 6.45) is 18.1. The fourth-order valence-electron chi connectivity index (χ4n) is 5.16.